The molecule has 3 aromatic heterocycles. The summed E-state index contributed by atoms with van der Waals surface area (Å²) < 4.78 is 19.8. The molecule has 0 radical (unpaired) electrons. The molecule has 5 nitrogen and oxygen atoms in total. The molecule has 0 bridgehead atoms. The zero-order valence-electron chi connectivity index (χ0n) is 14.1. The van der Waals surface area contributed by atoms with Crippen molar-refractivity contribution in [1.29, 1.82) is 0 Å². The van der Waals surface area contributed by atoms with E-state index in [-0.39, 0.29) is 18.0 Å². The van der Waals surface area contributed by atoms with E-state index in [1.807, 2.05) is 12.3 Å². The molecule has 0 amide bonds. The summed E-state index contributed by atoms with van der Waals surface area (Å²) in [5.41, 5.74) is 1.86. The van der Waals surface area contributed by atoms with Crippen LogP contribution in [-0.2, 0) is 11.3 Å². The number of thiazole rings is 1. The van der Waals surface area contributed by atoms with Gasteiger partial charge in [0.1, 0.15) is 17.3 Å². The number of aryl methyl sites for hydroxylation is 1. The minimum Gasteiger partial charge on any atom is -0.455 e. The fourth-order valence-electron chi connectivity index (χ4n) is 2.60. The Morgan fingerprint density at radius 1 is 1.22 bits per heavy atom. The standard InChI is InChI=1S/C19H13FN2O3S2/c1-11-10-26-19-21-14(8-17(23)22(11)19)9-25-18(24)16-7-6-15(27-16)12-2-4-13(20)5-3-12/h2-8,10H,9H2,1H3. The number of esters is 1. The van der Waals surface area contributed by atoms with Crippen molar-refractivity contribution in [3.63, 3.8) is 0 Å². The average Bonchev–Trinajstić information content (AvgIpc) is 3.28. The molecule has 0 saturated carbocycles. The van der Waals surface area contributed by atoms with E-state index < -0.39 is 5.97 Å². The van der Waals surface area contributed by atoms with Crippen molar-refractivity contribution in [3.05, 3.63) is 80.3 Å². The maximum Gasteiger partial charge on any atom is 0.348 e. The quantitative estimate of drug-likeness (QED) is 0.480. The van der Waals surface area contributed by atoms with Gasteiger partial charge in [0.15, 0.2) is 4.96 Å². The molecular weight excluding hydrogens is 387 g/mol. The molecule has 8 heteroatoms. The third kappa shape index (κ3) is 3.54. The Labute approximate surface area is 161 Å². The number of thiophene rings is 1. The van der Waals surface area contributed by atoms with Gasteiger partial charge in [0.05, 0.1) is 5.69 Å². The zero-order chi connectivity index (χ0) is 19.0. The van der Waals surface area contributed by atoms with Crippen molar-refractivity contribution in [2.45, 2.75) is 13.5 Å². The molecule has 0 spiro atoms. The maximum atomic E-state index is 13.0. The van der Waals surface area contributed by atoms with E-state index in [1.54, 1.807) is 24.3 Å². The summed E-state index contributed by atoms with van der Waals surface area (Å²) in [6, 6.07) is 10.9. The van der Waals surface area contributed by atoms with E-state index in [9.17, 15) is 14.0 Å². The first-order valence-electron chi connectivity index (χ1n) is 8.01. The fraction of sp³-hybridized carbons (Fsp3) is 0.105. The van der Waals surface area contributed by atoms with Crippen molar-refractivity contribution in [2.24, 2.45) is 0 Å². The van der Waals surface area contributed by atoms with Crippen molar-refractivity contribution in [2.75, 3.05) is 0 Å². The van der Waals surface area contributed by atoms with Crippen LogP contribution in [0.25, 0.3) is 15.4 Å². The Morgan fingerprint density at radius 2 is 2.00 bits per heavy atom. The molecule has 0 aliphatic heterocycles. The van der Waals surface area contributed by atoms with Crippen molar-refractivity contribution in [3.8, 4) is 10.4 Å². The largest absolute Gasteiger partial charge is 0.455 e. The molecule has 0 atom stereocenters. The molecule has 0 aliphatic carbocycles. The van der Waals surface area contributed by atoms with Crippen LogP contribution in [0.4, 0.5) is 4.39 Å². The highest BCUT2D eigenvalue weighted by molar-refractivity contribution is 7.17. The smallest absolute Gasteiger partial charge is 0.348 e. The summed E-state index contributed by atoms with van der Waals surface area (Å²) in [7, 11) is 0. The number of rotatable bonds is 4. The van der Waals surface area contributed by atoms with Gasteiger partial charge in [-0.3, -0.25) is 9.20 Å². The summed E-state index contributed by atoms with van der Waals surface area (Å²) in [6.45, 7) is 1.76. The molecule has 3 heterocycles. The van der Waals surface area contributed by atoms with E-state index in [1.165, 1.54) is 45.3 Å². The molecule has 1 aromatic carbocycles. The fourth-order valence-corrected chi connectivity index (χ4v) is 4.40. The second-order valence-corrected chi connectivity index (χ2v) is 7.75. The topological polar surface area (TPSA) is 60.7 Å². The number of fused-ring (bicyclic) bond motifs is 1. The van der Waals surface area contributed by atoms with Gasteiger partial charge in [-0.15, -0.1) is 22.7 Å². The number of carbonyl (C=O) groups excluding carboxylic acids is 1. The van der Waals surface area contributed by atoms with Crippen molar-refractivity contribution >= 4 is 33.6 Å². The monoisotopic (exact) mass is 400 g/mol. The SMILES string of the molecule is Cc1csc2nc(COC(=O)c3ccc(-c4ccc(F)cc4)s3)cc(=O)n12. The molecule has 0 aliphatic rings. The number of hydrogen-bond donors (Lipinski definition) is 0. The van der Waals surface area contributed by atoms with E-state index >= 15 is 0 Å². The summed E-state index contributed by atoms with van der Waals surface area (Å²) in [5.74, 6) is -0.797. The van der Waals surface area contributed by atoms with Crippen LogP contribution in [0.3, 0.4) is 0 Å². The highest BCUT2D eigenvalue weighted by Crippen LogP contribution is 2.28. The van der Waals surface area contributed by atoms with Crippen LogP contribution in [0.2, 0.25) is 0 Å². The van der Waals surface area contributed by atoms with Gasteiger partial charge in [-0.1, -0.05) is 12.1 Å². The number of carbonyl (C=O) groups is 1. The predicted molar refractivity (Wildman–Crippen MR) is 103 cm³/mol. The third-order valence-electron chi connectivity index (χ3n) is 3.92. The highest BCUT2D eigenvalue weighted by Gasteiger charge is 2.13. The number of ether oxygens (including phenoxy) is 1. The van der Waals surface area contributed by atoms with Crippen LogP contribution < -0.4 is 5.56 Å². The second kappa shape index (κ2) is 7.05. The van der Waals surface area contributed by atoms with E-state index in [2.05, 4.69) is 4.98 Å². The summed E-state index contributed by atoms with van der Waals surface area (Å²) in [6.07, 6.45) is 0. The van der Waals surface area contributed by atoms with Crippen LogP contribution in [0.1, 0.15) is 21.1 Å². The molecule has 0 saturated heterocycles. The number of benzene rings is 1. The molecule has 0 fully saturated rings. The maximum absolute atomic E-state index is 13.0. The number of hydrogen-bond acceptors (Lipinski definition) is 6. The van der Waals surface area contributed by atoms with E-state index in [0.717, 1.165) is 16.1 Å². The predicted octanol–water partition coefficient (Wildman–Crippen LogP) is 4.29. The molecule has 4 aromatic rings. The number of halogens is 1. The summed E-state index contributed by atoms with van der Waals surface area (Å²) >= 11 is 2.62. The average molecular weight is 400 g/mol. The zero-order valence-corrected chi connectivity index (χ0v) is 15.8. The van der Waals surface area contributed by atoms with Gasteiger partial charge < -0.3 is 4.74 Å². The second-order valence-electron chi connectivity index (χ2n) is 5.83. The van der Waals surface area contributed by atoms with Gasteiger partial charge in [0.2, 0.25) is 0 Å². The van der Waals surface area contributed by atoms with Crippen LogP contribution in [-0.4, -0.2) is 15.4 Å². The lowest BCUT2D eigenvalue weighted by Crippen LogP contribution is -2.16. The Balaban J connectivity index is 1.48. The van der Waals surface area contributed by atoms with Crippen LogP contribution in [0.15, 0.2) is 52.6 Å². The number of aromatic nitrogens is 2. The molecule has 27 heavy (non-hydrogen) atoms. The lowest BCUT2D eigenvalue weighted by atomic mass is 10.2. The first-order chi connectivity index (χ1) is 13.0. The first-order valence-corrected chi connectivity index (χ1v) is 9.70. The lowest BCUT2D eigenvalue weighted by Gasteiger charge is -2.03. The van der Waals surface area contributed by atoms with Crippen molar-refractivity contribution in [1.82, 2.24) is 9.38 Å². The third-order valence-corrected chi connectivity index (χ3v) is 5.97. The van der Waals surface area contributed by atoms with Gasteiger partial charge >= 0.3 is 5.97 Å². The molecular formula is C19H13FN2O3S2. The van der Waals surface area contributed by atoms with Crippen LogP contribution >= 0.6 is 22.7 Å². The van der Waals surface area contributed by atoms with Gasteiger partial charge in [-0.2, -0.15) is 0 Å². The normalized spacial score (nSPS) is 11.0. The molecule has 4 rings (SSSR count). The van der Waals surface area contributed by atoms with Gasteiger partial charge in [0, 0.05) is 22.0 Å². The molecule has 0 N–H and O–H groups in total. The Hall–Kier alpha value is -2.84. The van der Waals surface area contributed by atoms with Gasteiger partial charge in [-0.25, -0.2) is 14.2 Å². The number of nitrogens with zero attached hydrogens (tertiary/aromatic N) is 2. The highest BCUT2D eigenvalue weighted by atomic mass is 32.1. The molecule has 0 unspecified atom stereocenters. The lowest BCUT2D eigenvalue weighted by molar-refractivity contribution is 0.0473. The minimum atomic E-state index is -0.488. The van der Waals surface area contributed by atoms with Crippen LogP contribution in [0.5, 0.6) is 0 Å². The van der Waals surface area contributed by atoms with Gasteiger partial charge in [-0.05, 0) is 36.8 Å². The van der Waals surface area contributed by atoms with Crippen molar-refractivity contribution < 1.29 is 13.9 Å². The van der Waals surface area contributed by atoms with E-state index in [0.29, 0.717) is 15.5 Å². The first kappa shape index (κ1) is 17.6. The Morgan fingerprint density at radius 3 is 2.78 bits per heavy atom. The van der Waals surface area contributed by atoms with Crippen LogP contribution in [0, 0.1) is 12.7 Å². The van der Waals surface area contributed by atoms with Gasteiger partial charge in [0.25, 0.3) is 5.56 Å². The van der Waals surface area contributed by atoms with E-state index in [4.69, 9.17) is 4.74 Å². The summed E-state index contributed by atoms with van der Waals surface area (Å²) in [4.78, 5) is 30.6. The minimum absolute atomic E-state index is 0.0781. The summed E-state index contributed by atoms with van der Waals surface area (Å²) in [5, 5.41) is 1.85. The molecule has 136 valence electrons. The Kier molecular flexibility index (Phi) is 4.59. The Bertz CT molecular complexity index is 1190.